The molecule has 3 nitrogen and oxygen atoms in total. The highest BCUT2D eigenvalue weighted by atomic mass is 16.6. The second-order valence-corrected chi connectivity index (χ2v) is 3.12. The predicted octanol–water partition coefficient (Wildman–Crippen LogP) is 0.0728. The number of carbonyl (C=O) groups is 1. The van der Waals surface area contributed by atoms with Crippen LogP contribution in [0.1, 0.15) is 19.3 Å². The molecule has 2 rings (SSSR count). The van der Waals surface area contributed by atoms with Crippen LogP contribution in [0.15, 0.2) is 0 Å². The molecule has 1 saturated heterocycles. The van der Waals surface area contributed by atoms with Gasteiger partial charge in [-0.25, -0.2) is 0 Å². The smallest absolute Gasteiger partial charge is 0.309 e. The summed E-state index contributed by atoms with van der Waals surface area (Å²) in [5, 5.41) is 9.18. The molecule has 3 heteroatoms. The van der Waals surface area contributed by atoms with Crippen LogP contribution >= 0.6 is 0 Å². The van der Waals surface area contributed by atoms with Gasteiger partial charge >= 0.3 is 5.97 Å². The molecule has 0 aromatic carbocycles. The fraction of sp³-hybridized carbons (Fsp3) is 0.857. The van der Waals surface area contributed by atoms with Crippen LogP contribution in [-0.2, 0) is 9.53 Å². The highest BCUT2D eigenvalue weighted by molar-refractivity contribution is 5.75. The monoisotopic (exact) mass is 142 g/mol. The van der Waals surface area contributed by atoms with Gasteiger partial charge in [0.1, 0.15) is 6.10 Å². The summed E-state index contributed by atoms with van der Waals surface area (Å²) in [7, 11) is 0. The second kappa shape index (κ2) is 1.95. The minimum absolute atomic E-state index is 0.00579. The van der Waals surface area contributed by atoms with Crippen molar-refractivity contribution in [3.8, 4) is 0 Å². The number of fused-ring (bicyclic) bond motifs is 2. The molecule has 0 spiro atoms. The molecule has 10 heavy (non-hydrogen) atoms. The van der Waals surface area contributed by atoms with Gasteiger partial charge in [-0.05, 0) is 12.8 Å². The summed E-state index contributed by atoms with van der Waals surface area (Å²) in [5.74, 6) is -0.115. The van der Waals surface area contributed by atoms with Crippen molar-refractivity contribution >= 4 is 5.97 Å². The van der Waals surface area contributed by atoms with E-state index in [9.17, 15) is 9.90 Å². The zero-order chi connectivity index (χ0) is 7.14. The van der Waals surface area contributed by atoms with E-state index in [4.69, 9.17) is 4.74 Å². The summed E-state index contributed by atoms with van der Waals surface area (Å²) >= 11 is 0. The third-order valence-corrected chi connectivity index (χ3v) is 2.26. The highest BCUT2D eigenvalue weighted by Crippen LogP contribution is 2.33. The van der Waals surface area contributed by atoms with Crippen molar-refractivity contribution < 1.29 is 14.6 Å². The number of hydrogen-bond acceptors (Lipinski definition) is 3. The first-order valence-electron chi connectivity index (χ1n) is 3.64. The summed E-state index contributed by atoms with van der Waals surface area (Å²) < 4.78 is 4.96. The van der Waals surface area contributed by atoms with E-state index in [1.54, 1.807) is 0 Å². The maximum absolute atomic E-state index is 10.9. The molecule has 1 aliphatic carbocycles. The van der Waals surface area contributed by atoms with Gasteiger partial charge in [0.15, 0.2) is 0 Å². The van der Waals surface area contributed by atoms with Gasteiger partial charge in [0.2, 0.25) is 0 Å². The number of ether oxygens (including phenoxy) is 1. The number of esters is 1. The summed E-state index contributed by atoms with van der Waals surface area (Å²) in [6.45, 7) is 0. The molecule has 0 radical (unpaired) electrons. The average molecular weight is 142 g/mol. The number of aliphatic hydroxyl groups is 1. The van der Waals surface area contributed by atoms with Gasteiger partial charge < -0.3 is 9.84 Å². The Kier molecular flexibility index (Phi) is 1.20. The van der Waals surface area contributed by atoms with Crippen molar-refractivity contribution in [3.05, 3.63) is 0 Å². The molecular formula is C7H10O3. The van der Waals surface area contributed by atoms with E-state index in [2.05, 4.69) is 0 Å². The van der Waals surface area contributed by atoms with Crippen LogP contribution < -0.4 is 0 Å². The van der Waals surface area contributed by atoms with Crippen LogP contribution in [-0.4, -0.2) is 23.3 Å². The van der Waals surface area contributed by atoms with Crippen molar-refractivity contribution in [1.29, 1.82) is 0 Å². The fourth-order valence-electron chi connectivity index (χ4n) is 1.79. The number of carbonyl (C=O) groups excluding carboxylic acids is 1. The molecule has 56 valence electrons. The zero-order valence-corrected chi connectivity index (χ0v) is 5.62. The first kappa shape index (κ1) is 6.16. The lowest BCUT2D eigenvalue weighted by atomic mass is 9.88. The minimum atomic E-state index is -0.310. The van der Waals surface area contributed by atoms with Crippen LogP contribution in [0.4, 0.5) is 0 Å². The van der Waals surface area contributed by atoms with Crippen molar-refractivity contribution in [2.45, 2.75) is 31.5 Å². The summed E-state index contributed by atoms with van der Waals surface area (Å²) in [4.78, 5) is 10.9. The van der Waals surface area contributed by atoms with Gasteiger partial charge in [-0.15, -0.1) is 0 Å². The molecule has 2 fully saturated rings. The normalized spacial score (nSPS) is 45.3. The van der Waals surface area contributed by atoms with E-state index in [0.29, 0.717) is 12.8 Å². The molecular weight excluding hydrogens is 132 g/mol. The molecule has 1 N–H and O–H groups in total. The third kappa shape index (κ3) is 0.814. The van der Waals surface area contributed by atoms with Crippen LogP contribution in [0.5, 0.6) is 0 Å². The standard InChI is InChI=1S/C7H10O3/c8-5-1-4-2-6(3-5)10-7(4)9/h4-6,8H,1-3H2/t4-,5-,6+/m1/s1. The number of hydrogen-bond donors (Lipinski definition) is 1. The van der Waals surface area contributed by atoms with Crippen molar-refractivity contribution in [2.24, 2.45) is 5.92 Å². The number of aliphatic hydroxyl groups excluding tert-OH is 1. The minimum Gasteiger partial charge on any atom is -0.462 e. The maximum Gasteiger partial charge on any atom is 0.309 e. The molecule has 2 bridgehead atoms. The van der Waals surface area contributed by atoms with Crippen LogP contribution in [0, 0.1) is 5.92 Å². The fourth-order valence-corrected chi connectivity index (χ4v) is 1.79. The molecule has 1 heterocycles. The van der Waals surface area contributed by atoms with Gasteiger partial charge in [0.25, 0.3) is 0 Å². The summed E-state index contributed by atoms with van der Waals surface area (Å²) in [5.41, 5.74) is 0. The number of rotatable bonds is 0. The molecule has 3 atom stereocenters. The lowest BCUT2D eigenvalue weighted by molar-refractivity contribution is -0.143. The lowest BCUT2D eigenvalue weighted by Crippen LogP contribution is -2.23. The Morgan fingerprint density at radius 2 is 2.20 bits per heavy atom. The molecule has 1 aliphatic heterocycles. The van der Waals surface area contributed by atoms with E-state index in [1.165, 1.54) is 0 Å². The Hall–Kier alpha value is -0.570. The van der Waals surface area contributed by atoms with E-state index in [-0.39, 0.29) is 24.1 Å². The largest absolute Gasteiger partial charge is 0.462 e. The predicted molar refractivity (Wildman–Crippen MR) is 33.2 cm³/mol. The lowest BCUT2D eigenvalue weighted by Gasteiger charge is -2.18. The SMILES string of the molecule is O=C1O[C@@H]2C[C@H](O)C[C@@H]1C2. The van der Waals surface area contributed by atoms with Gasteiger partial charge in [-0.2, -0.15) is 0 Å². The Morgan fingerprint density at radius 1 is 1.40 bits per heavy atom. The molecule has 0 aromatic heterocycles. The Morgan fingerprint density at radius 3 is 2.90 bits per heavy atom. The van der Waals surface area contributed by atoms with Gasteiger partial charge in [0.05, 0.1) is 12.0 Å². The van der Waals surface area contributed by atoms with E-state index in [0.717, 1.165) is 6.42 Å². The van der Waals surface area contributed by atoms with Gasteiger partial charge in [0, 0.05) is 6.42 Å². The van der Waals surface area contributed by atoms with Crippen molar-refractivity contribution in [3.63, 3.8) is 0 Å². The average Bonchev–Trinajstić information content (AvgIpc) is 2.07. The highest BCUT2D eigenvalue weighted by Gasteiger charge is 2.41. The van der Waals surface area contributed by atoms with E-state index < -0.39 is 0 Å². The first-order valence-corrected chi connectivity index (χ1v) is 3.64. The van der Waals surface area contributed by atoms with E-state index in [1.807, 2.05) is 0 Å². The molecule has 1 saturated carbocycles. The van der Waals surface area contributed by atoms with Crippen molar-refractivity contribution in [1.82, 2.24) is 0 Å². The van der Waals surface area contributed by atoms with Gasteiger partial charge in [-0.1, -0.05) is 0 Å². The molecule has 2 aliphatic rings. The zero-order valence-electron chi connectivity index (χ0n) is 5.62. The van der Waals surface area contributed by atoms with Crippen molar-refractivity contribution in [2.75, 3.05) is 0 Å². The quantitative estimate of drug-likeness (QED) is 0.487. The summed E-state index contributed by atoms with van der Waals surface area (Å²) in [6, 6.07) is 0. The molecule has 0 unspecified atom stereocenters. The van der Waals surface area contributed by atoms with Crippen LogP contribution in [0.3, 0.4) is 0 Å². The topological polar surface area (TPSA) is 46.5 Å². The van der Waals surface area contributed by atoms with E-state index >= 15 is 0 Å². The Bertz CT molecular complexity index is 166. The summed E-state index contributed by atoms with van der Waals surface area (Å²) in [6.07, 6.45) is 1.78. The van der Waals surface area contributed by atoms with Crippen LogP contribution in [0.25, 0.3) is 0 Å². The Labute approximate surface area is 59.0 Å². The van der Waals surface area contributed by atoms with Gasteiger partial charge in [-0.3, -0.25) is 4.79 Å². The Balaban J connectivity index is 2.13. The first-order chi connectivity index (χ1) is 4.75. The maximum atomic E-state index is 10.9. The molecule has 0 aromatic rings. The molecule has 0 amide bonds. The van der Waals surface area contributed by atoms with Crippen LogP contribution in [0.2, 0.25) is 0 Å². The second-order valence-electron chi connectivity index (χ2n) is 3.12. The third-order valence-electron chi connectivity index (χ3n) is 2.26.